The Bertz CT molecular complexity index is 979. The molecule has 2 N–H and O–H groups in total. The van der Waals surface area contributed by atoms with Gasteiger partial charge < -0.3 is 15.2 Å². The summed E-state index contributed by atoms with van der Waals surface area (Å²) in [5.74, 6) is 0. The molecular weight excluding hydrogens is 439 g/mol. The number of halogens is 1. The number of rotatable bonds is 3. The molecule has 0 radical (unpaired) electrons. The number of nitrogens with zero attached hydrogens (tertiary/aromatic N) is 2. The van der Waals surface area contributed by atoms with Gasteiger partial charge in [0, 0.05) is 46.5 Å². The molecule has 0 saturated carbocycles. The number of nitrogens with one attached hydrogen (secondary N) is 2. The lowest BCUT2D eigenvalue weighted by atomic mass is 10.00. The molecular formula is C20H19IN4O. The monoisotopic (exact) mass is 458 g/mol. The highest BCUT2D eigenvalue weighted by Gasteiger charge is 2.19. The van der Waals surface area contributed by atoms with Crippen molar-refractivity contribution in [3.05, 3.63) is 69.6 Å². The lowest BCUT2D eigenvalue weighted by molar-refractivity contribution is 0.202. The fourth-order valence-corrected chi connectivity index (χ4v) is 3.86. The van der Waals surface area contributed by atoms with E-state index in [0.29, 0.717) is 13.1 Å². The quantitative estimate of drug-likeness (QED) is 0.579. The first-order chi connectivity index (χ1) is 12.7. The number of aromatic amines is 1. The van der Waals surface area contributed by atoms with Gasteiger partial charge in [0.1, 0.15) is 5.65 Å². The van der Waals surface area contributed by atoms with Gasteiger partial charge in [-0.3, -0.25) is 0 Å². The third-order valence-corrected chi connectivity index (χ3v) is 5.30. The summed E-state index contributed by atoms with van der Waals surface area (Å²) in [6.45, 7) is 1.90. The van der Waals surface area contributed by atoms with Crippen LogP contribution in [-0.2, 0) is 6.54 Å². The zero-order chi connectivity index (χ0) is 17.9. The van der Waals surface area contributed by atoms with Crippen LogP contribution in [0, 0.1) is 3.57 Å². The predicted molar refractivity (Wildman–Crippen MR) is 112 cm³/mol. The van der Waals surface area contributed by atoms with Gasteiger partial charge in [-0.1, -0.05) is 18.2 Å². The number of hydrogen-bond donors (Lipinski definition) is 2. The van der Waals surface area contributed by atoms with E-state index >= 15 is 0 Å². The fraction of sp³-hybridized carbons (Fsp3) is 0.200. The van der Waals surface area contributed by atoms with Gasteiger partial charge in [-0.05, 0) is 64.4 Å². The Hall–Kier alpha value is -2.35. The first kappa shape index (κ1) is 17.1. The predicted octanol–water partition coefficient (Wildman–Crippen LogP) is 4.17. The first-order valence-corrected chi connectivity index (χ1v) is 9.67. The lowest BCUT2D eigenvalue weighted by Gasteiger charge is -2.26. The molecule has 1 aromatic carbocycles. The van der Waals surface area contributed by atoms with Gasteiger partial charge in [-0.15, -0.1) is 0 Å². The van der Waals surface area contributed by atoms with Gasteiger partial charge in [0.15, 0.2) is 0 Å². The van der Waals surface area contributed by atoms with Crippen molar-refractivity contribution >= 4 is 45.2 Å². The first-order valence-electron chi connectivity index (χ1n) is 8.59. The molecule has 3 aromatic rings. The van der Waals surface area contributed by atoms with Gasteiger partial charge in [0.05, 0.1) is 0 Å². The number of carbonyl (C=O) groups is 1. The van der Waals surface area contributed by atoms with Crippen LogP contribution in [0.25, 0.3) is 16.6 Å². The molecule has 1 aliphatic rings. The number of H-pyrrole nitrogens is 1. The van der Waals surface area contributed by atoms with Crippen molar-refractivity contribution in [1.29, 1.82) is 0 Å². The van der Waals surface area contributed by atoms with E-state index in [9.17, 15) is 4.79 Å². The number of amides is 2. The smallest absolute Gasteiger partial charge is 0.317 e. The number of hydrogen-bond acceptors (Lipinski definition) is 2. The Labute approximate surface area is 165 Å². The molecule has 6 heteroatoms. The van der Waals surface area contributed by atoms with Crippen LogP contribution in [-0.4, -0.2) is 34.0 Å². The molecule has 2 aromatic heterocycles. The minimum absolute atomic E-state index is 0.0141. The van der Waals surface area contributed by atoms with Crippen LogP contribution in [0.2, 0.25) is 0 Å². The largest absolute Gasteiger partial charge is 0.346 e. The number of fused-ring (bicyclic) bond motifs is 1. The molecule has 0 unspecified atom stereocenters. The number of pyridine rings is 1. The molecule has 3 heterocycles. The zero-order valence-electron chi connectivity index (χ0n) is 14.2. The van der Waals surface area contributed by atoms with Crippen molar-refractivity contribution in [3.8, 4) is 0 Å². The fourth-order valence-electron chi connectivity index (χ4n) is 3.26. The van der Waals surface area contributed by atoms with Crippen molar-refractivity contribution in [3.63, 3.8) is 0 Å². The van der Waals surface area contributed by atoms with Crippen molar-refractivity contribution in [2.45, 2.75) is 13.0 Å². The molecule has 1 aliphatic heterocycles. The summed E-state index contributed by atoms with van der Waals surface area (Å²) >= 11 is 2.28. The molecule has 0 bridgehead atoms. The van der Waals surface area contributed by atoms with E-state index in [1.165, 1.54) is 14.7 Å². The summed E-state index contributed by atoms with van der Waals surface area (Å²) in [6, 6.07) is 12.2. The van der Waals surface area contributed by atoms with E-state index in [4.69, 9.17) is 0 Å². The van der Waals surface area contributed by atoms with Crippen molar-refractivity contribution in [2.24, 2.45) is 0 Å². The van der Waals surface area contributed by atoms with Crippen LogP contribution >= 0.6 is 22.6 Å². The Morgan fingerprint density at radius 3 is 3.04 bits per heavy atom. The van der Waals surface area contributed by atoms with Crippen molar-refractivity contribution < 1.29 is 4.79 Å². The number of benzene rings is 1. The van der Waals surface area contributed by atoms with Gasteiger partial charge in [0.2, 0.25) is 0 Å². The second kappa shape index (κ2) is 7.49. The Balaban J connectivity index is 1.40. The average molecular weight is 458 g/mol. The van der Waals surface area contributed by atoms with Gasteiger partial charge >= 0.3 is 6.03 Å². The van der Waals surface area contributed by atoms with Crippen LogP contribution < -0.4 is 5.32 Å². The van der Waals surface area contributed by atoms with Gasteiger partial charge in [-0.2, -0.15) is 0 Å². The average Bonchev–Trinajstić information content (AvgIpc) is 3.10. The van der Waals surface area contributed by atoms with Crippen molar-refractivity contribution in [1.82, 2.24) is 20.2 Å². The maximum atomic E-state index is 12.4. The number of aromatic nitrogens is 2. The van der Waals surface area contributed by atoms with Crippen molar-refractivity contribution in [2.75, 3.05) is 13.1 Å². The molecule has 5 nitrogen and oxygen atoms in total. The third-order valence-electron chi connectivity index (χ3n) is 4.63. The molecule has 0 atom stereocenters. The number of carbonyl (C=O) groups excluding carboxylic acids is 1. The van der Waals surface area contributed by atoms with E-state index in [1.54, 1.807) is 6.20 Å². The number of urea groups is 1. The van der Waals surface area contributed by atoms with Crippen LogP contribution in [0.5, 0.6) is 0 Å². The second-order valence-electron chi connectivity index (χ2n) is 6.32. The maximum absolute atomic E-state index is 12.4. The molecule has 132 valence electrons. The maximum Gasteiger partial charge on any atom is 0.317 e. The van der Waals surface area contributed by atoms with Gasteiger partial charge in [0.25, 0.3) is 0 Å². The Kier molecular flexibility index (Phi) is 4.92. The molecule has 0 aliphatic carbocycles. The van der Waals surface area contributed by atoms with Crippen LogP contribution in [0.15, 0.2) is 54.9 Å². The molecule has 0 fully saturated rings. The molecule has 4 rings (SSSR count). The standard InChI is InChI=1S/C20H19IN4O/c21-16-4-1-3-14(11-16)12-24-20(26)25-9-6-15(7-10-25)18-13-23-19-17(18)5-2-8-22-19/h1-6,8,11,13H,7,9-10,12H2,(H,22,23)(H,24,26). The lowest BCUT2D eigenvalue weighted by Crippen LogP contribution is -2.41. The zero-order valence-corrected chi connectivity index (χ0v) is 16.4. The summed E-state index contributed by atoms with van der Waals surface area (Å²) < 4.78 is 1.17. The minimum Gasteiger partial charge on any atom is -0.346 e. The topological polar surface area (TPSA) is 61.0 Å². The van der Waals surface area contributed by atoms with Crippen LogP contribution in [0.1, 0.15) is 17.5 Å². The summed E-state index contributed by atoms with van der Waals surface area (Å²) in [4.78, 5) is 21.8. The normalized spacial score (nSPS) is 14.3. The van der Waals surface area contributed by atoms with E-state index in [-0.39, 0.29) is 6.03 Å². The third kappa shape index (κ3) is 3.60. The molecule has 0 spiro atoms. The highest BCUT2D eigenvalue weighted by Crippen LogP contribution is 2.28. The SMILES string of the molecule is O=C(NCc1cccc(I)c1)N1CC=C(c2c[nH]c3ncccc23)CC1. The molecule has 0 saturated heterocycles. The highest BCUT2D eigenvalue weighted by molar-refractivity contribution is 14.1. The minimum atomic E-state index is -0.0141. The summed E-state index contributed by atoms with van der Waals surface area (Å²) in [5, 5.41) is 4.15. The van der Waals surface area contributed by atoms with E-state index < -0.39 is 0 Å². The Morgan fingerprint density at radius 1 is 1.31 bits per heavy atom. The summed E-state index contributed by atoms with van der Waals surface area (Å²) in [5.41, 5.74) is 4.48. The van der Waals surface area contributed by atoms with Crippen LogP contribution in [0.3, 0.4) is 0 Å². The van der Waals surface area contributed by atoms with E-state index in [2.05, 4.69) is 56.1 Å². The van der Waals surface area contributed by atoms with E-state index in [0.717, 1.165) is 29.6 Å². The van der Waals surface area contributed by atoms with E-state index in [1.807, 2.05) is 35.4 Å². The molecule has 26 heavy (non-hydrogen) atoms. The Morgan fingerprint density at radius 2 is 2.23 bits per heavy atom. The summed E-state index contributed by atoms with van der Waals surface area (Å²) in [6.07, 6.45) is 6.79. The van der Waals surface area contributed by atoms with Crippen LogP contribution in [0.4, 0.5) is 4.79 Å². The summed E-state index contributed by atoms with van der Waals surface area (Å²) in [7, 11) is 0. The highest BCUT2D eigenvalue weighted by atomic mass is 127. The van der Waals surface area contributed by atoms with Gasteiger partial charge in [-0.25, -0.2) is 9.78 Å². The molecule has 2 amide bonds. The second-order valence-corrected chi connectivity index (χ2v) is 7.56.